The number of hydrogen-bond acceptors (Lipinski definition) is 2. The molecule has 2 nitrogen and oxygen atoms in total. The van der Waals surface area contributed by atoms with Crippen LogP contribution in [0.2, 0.25) is 0 Å². The van der Waals surface area contributed by atoms with Crippen LogP contribution in [0.5, 0.6) is 0 Å². The van der Waals surface area contributed by atoms with Crippen LogP contribution in [0.15, 0.2) is 0 Å². The summed E-state index contributed by atoms with van der Waals surface area (Å²) < 4.78 is 5.90. The smallest absolute Gasteiger partial charge is 0.0778 e. The predicted octanol–water partition coefficient (Wildman–Crippen LogP) is 5.46. The van der Waals surface area contributed by atoms with Gasteiger partial charge in [0, 0.05) is 13.1 Å². The predicted molar refractivity (Wildman–Crippen MR) is 92.9 cm³/mol. The highest BCUT2D eigenvalue weighted by Gasteiger charge is 2.26. The maximum atomic E-state index is 5.90. The summed E-state index contributed by atoms with van der Waals surface area (Å²) >= 11 is 0. The number of nitrogens with one attached hydrogen (secondary N) is 1. The molecule has 21 heavy (non-hydrogen) atoms. The summed E-state index contributed by atoms with van der Waals surface area (Å²) in [6.45, 7) is 7.49. The van der Waals surface area contributed by atoms with Gasteiger partial charge in [0.2, 0.25) is 0 Å². The third-order valence-corrected chi connectivity index (χ3v) is 4.79. The van der Waals surface area contributed by atoms with Crippen molar-refractivity contribution in [3.63, 3.8) is 0 Å². The summed E-state index contributed by atoms with van der Waals surface area (Å²) in [4.78, 5) is 0. The molecule has 1 saturated heterocycles. The van der Waals surface area contributed by atoms with E-state index in [4.69, 9.17) is 4.74 Å². The molecule has 1 aliphatic rings. The minimum atomic E-state index is 0.108. The van der Waals surface area contributed by atoms with Crippen molar-refractivity contribution in [1.29, 1.82) is 0 Å². The van der Waals surface area contributed by atoms with E-state index in [9.17, 15) is 0 Å². The Morgan fingerprint density at radius 3 is 1.81 bits per heavy atom. The Labute approximate surface area is 133 Å². The summed E-state index contributed by atoms with van der Waals surface area (Å²) in [5.41, 5.74) is 0.108. The van der Waals surface area contributed by atoms with Gasteiger partial charge in [0.05, 0.1) is 12.2 Å². The van der Waals surface area contributed by atoms with Crippen LogP contribution in [0.4, 0.5) is 0 Å². The third-order valence-electron chi connectivity index (χ3n) is 4.79. The average molecular weight is 298 g/mol. The van der Waals surface area contributed by atoms with E-state index >= 15 is 0 Å². The van der Waals surface area contributed by atoms with Crippen LogP contribution in [0.1, 0.15) is 97.3 Å². The van der Waals surface area contributed by atoms with Gasteiger partial charge in [0.1, 0.15) is 0 Å². The first kappa shape index (κ1) is 19.0. The first-order valence-electron chi connectivity index (χ1n) is 9.61. The molecule has 0 aromatic carbocycles. The van der Waals surface area contributed by atoms with E-state index < -0.39 is 0 Å². The van der Waals surface area contributed by atoms with E-state index in [0.29, 0.717) is 0 Å². The van der Waals surface area contributed by atoms with Crippen molar-refractivity contribution in [3.05, 3.63) is 0 Å². The second-order valence-corrected chi connectivity index (χ2v) is 7.11. The van der Waals surface area contributed by atoms with Gasteiger partial charge in [-0.2, -0.15) is 0 Å². The highest BCUT2D eigenvalue weighted by Crippen LogP contribution is 2.21. The summed E-state index contributed by atoms with van der Waals surface area (Å²) in [5.74, 6) is 0. The van der Waals surface area contributed by atoms with Crippen molar-refractivity contribution >= 4 is 0 Å². The number of hydrogen-bond donors (Lipinski definition) is 1. The summed E-state index contributed by atoms with van der Waals surface area (Å²) in [7, 11) is 0. The van der Waals surface area contributed by atoms with Crippen LogP contribution in [0.25, 0.3) is 0 Å². The van der Waals surface area contributed by atoms with E-state index in [1.807, 2.05) is 0 Å². The molecule has 0 saturated carbocycles. The summed E-state index contributed by atoms with van der Waals surface area (Å²) in [6.07, 6.45) is 18.3. The van der Waals surface area contributed by atoms with Gasteiger partial charge in [-0.3, -0.25) is 0 Å². The van der Waals surface area contributed by atoms with Crippen molar-refractivity contribution in [2.75, 3.05) is 19.7 Å². The molecule has 0 aromatic heterocycles. The van der Waals surface area contributed by atoms with Crippen molar-refractivity contribution < 1.29 is 4.74 Å². The Balaban J connectivity index is 1.78. The molecule has 1 rings (SSSR count). The van der Waals surface area contributed by atoms with Crippen molar-refractivity contribution in [3.8, 4) is 0 Å². The Hall–Kier alpha value is -0.0800. The van der Waals surface area contributed by atoms with Crippen LogP contribution >= 0.6 is 0 Å². The van der Waals surface area contributed by atoms with Crippen LogP contribution in [-0.2, 0) is 4.74 Å². The molecule has 0 aliphatic carbocycles. The lowest BCUT2D eigenvalue weighted by Gasteiger charge is -2.34. The van der Waals surface area contributed by atoms with E-state index in [-0.39, 0.29) is 5.60 Å². The molecule has 0 radical (unpaired) electrons. The number of rotatable bonds is 13. The van der Waals surface area contributed by atoms with Crippen LogP contribution in [0, 0.1) is 0 Å². The maximum Gasteiger partial charge on any atom is 0.0778 e. The van der Waals surface area contributed by atoms with E-state index in [0.717, 1.165) is 19.7 Å². The second-order valence-electron chi connectivity index (χ2n) is 7.11. The van der Waals surface area contributed by atoms with Gasteiger partial charge in [-0.1, -0.05) is 84.0 Å². The monoisotopic (exact) mass is 297 g/mol. The summed E-state index contributed by atoms with van der Waals surface area (Å²) in [5, 5.41) is 3.44. The molecule has 1 atom stereocenters. The highest BCUT2D eigenvalue weighted by molar-refractivity contribution is 4.81. The third kappa shape index (κ3) is 10.3. The number of unbranched alkanes of at least 4 members (excludes halogenated alkanes) is 11. The zero-order chi connectivity index (χ0) is 15.2. The first-order valence-corrected chi connectivity index (χ1v) is 9.61. The van der Waals surface area contributed by atoms with Crippen molar-refractivity contribution in [2.24, 2.45) is 0 Å². The normalized spacial score (nSPS) is 22.6. The molecule has 1 aliphatic heterocycles. The number of morpholine rings is 1. The topological polar surface area (TPSA) is 21.3 Å². The van der Waals surface area contributed by atoms with Crippen molar-refractivity contribution in [2.45, 2.75) is 103 Å². The molecule has 0 amide bonds. The molecule has 1 fully saturated rings. The van der Waals surface area contributed by atoms with Gasteiger partial charge in [0.15, 0.2) is 0 Å². The lowest BCUT2D eigenvalue weighted by molar-refractivity contribution is -0.0589. The number of ether oxygens (including phenoxy) is 1. The van der Waals surface area contributed by atoms with Crippen LogP contribution in [0.3, 0.4) is 0 Å². The van der Waals surface area contributed by atoms with Crippen LogP contribution < -0.4 is 5.32 Å². The maximum absolute atomic E-state index is 5.90. The zero-order valence-electron chi connectivity index (χ0n) is 14.7. The average Bonchev–Trinajstić information content (AvgIpc) is 2.49. The quantitative estimate of drug-likeness (QED) is 0.456. The van der Waals surface area contributed by atoms with Gasteiger partial charge >= 0.3 is 0 Å². The summed E-state index contributed by atoms with van der Waals surface area (Å²) in [6, 6.07) is 0. The molecular weight excluding hydrogens is 258 g/mol. The molecule has 0 bridgehead atoms. The molecular formula is C19H39NO. The fourth-order valence-electron chi connectivity index (χ4n) is 3.27. The molecule has 0 spiro atoms. The lowest BCUT2D eigenvalue weighted by atomic mass is 9.96. The van der Waals surface area contributed by atoms with E-state index in [1.54, 1.807) is 0 Å². The Bertz CT molecular complexity index is 224. The molecule has 0 aromatic rings. The van der Waals surface area contributed by atoms with Gasteiger partial charge in [-0.05, 0) is 13.3 Å². The van der Waals surface area contributed by atoms with Gasteiger partial charge in [-0.15, -0.1) is 0 Å². The molecule has 1 unspecified atom stereocenters. The highest BCUT2D eigenvalue weighted by atomic mass is 16.5. The van der Waals surface area contributed by atoms with Crippen molar-refractivity contribution in [1.82, 2.24) is 5.32 Å². The Morgan fingerprint density at radius 1 is 0.810 bits per heavy atom. The SMILES string of the molecule is CCCCCCCCCCCCCCC1(C)CNCCO1. The zero-order valence-corrected chi connectivity index (χ0v) is 14.7. The fraction of sp³-hybridized carbons (Fsp3) is 1.00. The fourth-order valence-corrected chi connectivity index (χ4v) is 3.27. The van der Waals surface area contributed by atoms with Gasteiger partial charge in [0.25, 0.3) is 0 Å². The molecule has 2 heteroatoms. The minimum Gasteiger partial charge on any atom is -0.373 e. The van der Waals surface area contributed by atoms with Crippen LogP contribution in [-0.4, -0.2) is 25.3 Å². The minimum absolute atomic E-state index is 0.108. The molecule has 1 N–H and O–H groups in total. The Kier molecular flexibility index (Phi) is 11.3. The lowest BCUT2D eigenvalue weighted by Crippen LogP contribution is -2.47. The Morgan fingerprint density at radius 2 is 1.33 bits per heavy atom. The van der Waals surface area contributed by atoms with E-state index in [1.165, 1.54) is 83.5 Å². The molecule has 1 heterocycles. The van der Waals surface area contributed by atoms with E-state index in [2.05, 4.69) is 19.2 Å². The first-order chi connectivity index (χ1) is 10.3. The van der Waals surface area contributed by atoms with Gasteiger partial charge < -0.3 is 10.1 Å². The largest absolute Gasteiger partial charge is 0.373 e. The second kappa shape index (κ2) is 12.5. The standard InChI is InChI=1S/C19H39NO/c1-3-4-5-6-7-8-9-10-11-12-13-14-15-19(2)18-20-16-17-21-19/h20H,3-18H2,1-2H3. The molecule has 126 valence electrons. The van der Waals surface area contributed by atoms with Gasteiger partial charge in [-0.25, -0.2) is 0 Å².